The number of carbonyl (C=O) groups excluding carboxylic acids is 1. The van der Waals surface area contributed by atoms with Gasteiger partial charge in [-0.1, -0.05) is 41.4 Å². The number of ether oxygens (including phenoxy) is 2. The highest BCUT2D eigenvalue weighted by atomic mass is 35.5. The Kier molecular flexibility index (Phi) is 6.60. The van der Waals surface area contributed by atoms with Crippen LogP contribution in [0, 0.1) is 0 Å². The van der Waals surface area contributed by atoms with Crippen LogP contribution in [0.1, 0.15) is 28.8 Å². The number of benzene rings is 2. The maximum atomic E-state index is 12.8. The first-order valence-electron chi connectivity index (χ1n) is 9.90. The maximum absolute atomic E-state index is 12.8. The molecule has 2 aromatic rings. The van der Waals surface area contributed by atoms with E-state index in [1.807, 2.05) is 18.2 Å². The van der Waals surface area contributed by atoms with E-state index in [-0.39, 0.29) is 18.6 Å². The summed E-state index contributed by atoms with van der Waals surface area (Å²) in [6.45, 7) is 3.49. The van der Waals surface area contributed by atoms with Crippen molar-refractivity contribution in [3.8, 4) is 5.75 Å². The minimum atomic E-state index is -0.171. The van der Waals surface area contributed by atoms with E-state index in [0.29, 0.717) is 33.9 Å². The molecule has 0 spiro atoms. The van der Waals surface area contributed by atoms with E-state index in [4.69, 9.17) is 32.7 Å². The van der Waals surface area contributed by atoms with Gasteiger partial charge in [0.2, 0.25) is 0 Å². The molecule has 2 aliphatic rings. The minimum absolute atomic E-state index is 0.0225. The molecule has 2 saturated heterocycles. The second kappa shape index (κ2) is 9.35. The van der Waals surface area contributed by atoms with Crippen molar-refractivity contribution < 1.29 is 14.3 Å². The Hall–Kier alpha value is -1.79. The zero-order chi connectivity index (χ0) is 20.2. The second-order valence-corrected chi connectivity index (χ2v) is 8.32. The van der Waals surface area contributed by atoms with Crippen molar-refractivity contribution in [1.29, 1.82) is 0 Å². The summed E-state index contributed by atoms with van der Waals surface area (Å²) in [4.78, 5) is 15.2. The maximum Gasteiger partial charge on any atom is 0.255 e. The highest BCUT2D eigenvalue weighted by molar-refractivity contribution is 6.35. The molecule has 5 nitrogen and oxygen atoms in total. The lowest BCUT2D eigenvalue weighted by Crippen LogP contribution is -2.50. The van der Waals surface area contributed by atoms with E-state index in [1.54, 1.807) is 24.3 Å². The summed E-state index contributed by atoms with van der Waals surface area (Å²) in [5.41, 5.74) is 1.30. The predicted octanol–water partition coefficient (Wildman–Crippen LogP) is 4.17. The number of amides is 1. The predicted molar refractivity (Wildman–Crippen MR) is 114 cm³/mol. The average Bonchev–Trinajstić information content (AvgIpc) is 3.19. The molecule has 2 fully saturated rings. The standard InChI is InChI=1S/C22H24Cl2N2O3/c23-16-8-7-15(20(24)10-16)13-29-21-6-2-1-5-19(21)22(27)25-11-18-12-26-9-3-4-17(26)14-28-18/h1-2,5-8,10,17-18H,3-4,9,11-14H2,(H,25,27). The molecule has 0 aliphatic carbocycles. The highest BCUT2D eigenvalue weighted by Crippen LogP contribution is 2.25. The van der Waals surface area contributed by atoms with Crippen LogP contribution in [-0.4, -0.2) is 49.2 Å². The number of rotatable bonds is 6. The van der Waals surface area contributed by atoms with Crippen molar-refractivity contribution in [1.82, 2.24) is 10.2 Å². The van der Waals surface area contributed by atoms with Crippen molar-refractivity contribution in [3.63, 3.8) is 0 Å². The number of hydrogen-bond acceptors (Lipinski definition) is 4. The third-order valence-corrected chi connectivity index (χ3v) is 6.07. The van der Waals surface area contributed by atoms with Gasteiger partial charge in [0.05, 0.1) is 18.3 Å². The smallest absolute Gasteiger partial charge is 0.255 e. The Labute approximate surface area is 180 Å². The lowest BCUT2D eigenvalue weighted by molar-refractivity contribution is -0.0461. The van der Waals surface area contributed by atoms with E-state index < -0.39 is 0 Å². The van der Waals surface area contributed by atoms with Gasteiger partial charge >= 0.3 is 0 Å². The molecular formula is C22H24Cl2N2O3. The second-order valence-electron chi connectivity index (χ2n) is 7.48. The SMILES string of the molecule is O=C(NCC1CN2CCCC2CO1)c1ccccc1OCc1ccc(Cl)cc1Cl. The monoisotopic (exact) mass is 434 g/mol. The summed E-state index contributed by atoms with van der Waals surface area (Å²) in [6, 6.07) is 13.0. The molecule has 29 heavy (non-hydrogen) atoms. The van der Waals surface area contributed by atoms with Crippen LogP contribution in [0.25, 0.3) is 0 Å². The normalized spacial score (nSPS) is 21.6. The number of carbonyl (C=O) groups is 1. The fourth-order valence-electron chi connectivity index (χ4n) is 3.89. The van der Waals surface area contributed by atoms with E-state index in [2.05, 4.69) is 10.2 Å². The average molecular weight is 435 g/mol. The van der Waals surface area contributed by atoms with E-state index in [9.17, 15) is 4.79 Å². The molecule has 2 heterocycles. The van der Waals surface area contributed by atoms with Gasteiger partial charge in [-0.05, 0) is 43.7 Å². The van der Waals surface area contributed by atoms with Gasteiger partial charge in [0.1, 0.15) is 12.4 Å². The molecule has 2 aliphatic heterocycles. The quantitative estimate of drug-likeness (QED) is 0.740. The van der Waals surface area contributed by atoms with Gasteiger partial charge < -0.3 is 14.8 Å². The Balaban J connectivity index is 1.35. The number of morpholine rings is 1. The zero-order valence-electron chi connectivity index (χ0n) is 16.1. The van der Waals surface area contributed by atoms with Crippen molar-refractivity contribution in [3.05, 3.63) is 63.6 Å². The van der Waals surface area contributed by atoms with E-state index in [0.717, 1.165) is 25.3 Å². The van der Waals surface area contributed by atoms with Crippen molar-refractivity contribution in [2.75, 3.05) is 26.2 Å². The number of hydrogen-bond donors (Lipinski definition) is 1. The Morgan fingerprint density at radius 2 is 2.10 bits per heavy atom. The van der Waals surface area contributed by atoms with Crippen LogP contribution in [0.3, 0.4) is 0 Å². The molecule has 2 aromatic carbocycles. The molecule has 1 N–H and O–H groups in total. The fraction of sp³-hybridized carbons (Fsp3) is 0.409. The van der Waals surface area contributed by atoms with Gasteiger partial charge in [-0.2, -0.15) is 0 Å². The summed E-state index contributed by atoms with van der Waals surface area (Å²) in [5.74, 6) is 0.343. The van der Waals surface area contributed by atoms with Crippen LogP contribution < -0.4 is 10.1 Å². The summed E-state index contributed by atoms with van der Waals surface area (Å²) in [7, 11) is 0. The largest absolute Gasteiger partial charge is 0.488 e. The molecule has 4 rings (SSSR count). The van der Waals surface area contributed by atoms with Crippen LogP contribution in [0.5, 0.6) is 5.75 Å². The summed E-state index contributed by atoms with van der Waals surface area (Å²) in [5, 5.41) is 4.10. The first-order chi connectivity index (χ1) is 14.1. The lowest BCUT2D eigenvalue weighted by atomic mass is 10.1. The topological polar surface area (TPSA) is 50.8 Å². The first kappa shape index (κ1) is 20.5. The Morgan fingerprint density at radius 3 is 2.97 bits per heavy atom. The molecule has 2 unspecified atom stereocenters. The van der Waals surface area contributed by atoms with Crippen LogP contribution in [0.15, 0.2) is 42.5 Å². The third-order valence-electron chi connectivity index (χ3n) is 5.48. The molecule has 7 heteroatoms. The Morgan fingerprint density at radius 1 is 1.24 bits per heavy atom. The van der Waals surface area contributed by atoms with Crippen LogP contribution in [0.2, 0.25) is 10.0 Å². The van der Waals surface area contributed by atoms with Gasteiger partial charge in [0.15, 0.2) is 0 Å². The zero-order valence-corrected chi connectivity index (χ0v) is 17.6. The van der Waals surface area contributed by atoms with Crippen LogP contribution in [-0.2, 0) is 11.3 Å². The molecule has 0 radical (unpaired) electrons. The van der Waals surface area contributed by atoms with Gasteiger partial charge in [0, 0.05) is 34.7 Å². The van der Waals surface area contributed by atoms with Crippen LogP contribution >= 0.6 is 23.2 Å². The van der Waals surface area contributed by atoms with E-state index in [1.165, 1.54) is 12.8 Å². The van der Waals surface area contributed by atoms with Crippen molar-refractivity contribution in [2.45, 2.75) is 31.6 Å². The number of nitrogens with one attached hydrogen (secondary N) is 1. The fourth-order valence-corrected chi connectivity index (χ4v) is 4.35. The third kappa shape index (κ3) is 5.04. The van der Waals surface area contributed by atoms with Gasteiger partial charge in [0.25, 0.3) is 5.91 Å². The molecule has 0 bridgehead atoms. The lowest BCUT2D eigenvalue weighted by Gasteiger charge is -2.35. The molecule has 1 amide bonds. The number of para-hydroxylation sites is 1. The molecule has 154 valence electrons. The highest BCUT2D eigenvalue weighted by Gasteiger charge is 2.32. The van der Waals surface area contributed by atoms with Crippen molar-refractivity contribution >= 4 is 29.1 Å². The van der Waals surface area contributed by atoms with E-state index >= 15 is 0 Å². The molecule has 2 atom stereocenters. The number of fused-ring (bicyclic) bond motifs is 1. The summed E-state index contributed by atoms with van der Waals surface area (Å²) >= 11 is 12.1. The van der Waals surface area contributed by atoms with Crippen molar-refractivity contribution in [2.24, 2.45) is 0 Å². The number of nitrogens with zero attached hydrogens (tertiary/aromatic N) is 1. The Bertz CT molecular complexity index is 877. The molecular weight excluding hydrogens is 411 g/mol. The summed E-state index contributed by atoms with van der Waals surface area (Å²) in [6.07, 6.45) is 2.46. The van der Waals surface area contributed by atoms with Gasteiger partial charge in [-0.25, -0.2) is 0 Å². The molecule has 0 saturated carbocycles. The van der Waals surface area contributed by atoms with Crippen LogP contribution in [0.4, 0.5) is 0 Å². The molecule has 0 aromatic heterocycles. The first-order valence-corrected chi connectivity index (χ1v) is 10.7. The summed E-state index contributed by atoms with van der Waals surface area (Å²) < 4.78 is 11.8. The number of halogens is 2. The van der Waals surface area contributed by atoms with Gasteiger partial charge in [-0.3, -0.25) is 9.69 Å². The minimum Gasteiger partial charge on any atom is -0.488 e. The van der Waals surface area contributed by atoms with Gasteiger partial charge in [-0.15, -0.1) is 0 Å².